The van der Waals surface area contributed by atoms with Crippen molar-refractivity contribution in [2.45, 2.75) is 6.92 Å². The van der Waals surface area contributed by atoms with Gasteiger partial charge < -0.3 is 4.98 Å². The molecule has 0 spiro atoms. The van der Waals surface area contributed by atoms with Crippen molar-refractivity contribution in [1.82, 2.24) is 14.3 Å². The second-order valence-corrected chi connectivity index (χ2v) is 6.23. The van der Waals surface area contributed by atoms with Crippen LogP contribution in [0, 0.1) is 6.92 Å². The van der Waals surface area contributed by atoms with Crippen LogP contribution in [0.5, 0.6) is 0 Å². The zero-order valence-corrected chi connectivity index (χ0v) is 11.8. The smallest absolute Gasteiger partial charge is 0.301 e. The predicted octanol–water partition coefficient (Wildman–Crippen LogP) is 1.60. The number of aromatic amines is 1. The summed E-state index contributed by atoms with van der Waals surface area (Å²) in [5.74, 6) is 0.840. The van der Waals surface area contributed by atoms with E-state index in [2.05, 4.69) is 14.7 Å². The van der Waals surface area contributed by atoms with Gasteiger partial charge in [-0.3, -0.25) is 4.72 Å². The second-order valence-electron chi connectivity index (χ2n) is 4.35. The molecule has 1 aromatic carbocycles. The van der Waals surface area contributed by atoms with Crippen LogP contribution in [0.2, 0.25) is 0 Å². The van der Waals surface area contributed by atoms with Crippen molar-refractivity contribution in [3.63, 3.8) is 0 Å². The number of hydrogen-bond acceptors (Lipinski definition) is 3. The number of imidazole rings is 1. The number of aryl methyl sites for hydroxylation is 1. The summed E-state index contributed by atoms with van der Waals surface area (Å²) < 4.78 is 26.9. The fraction of sp³-hybridized carbons (Fsp3) is 0.250. The Morgan fingerprint density at radius 1 is 1.21 bits per heavy atom. The first-order chi connectivity index (χ1) is 8.88. The lowest BCUT2D eigenvalue weighted by Gasteiger charge is -2.13. The normalized spacial score (nSPS) is 11.8. The van der Waals surface area contributed by atoms with Gasteiger partial charge in [-0.05, 0) is 24.6 Å². The van der Waals surface area contributed by atoms with E-state index in [0.29, 0.717) is 5.69 Å². The summed E-state index contributed by atoms with van der Waals surface area (Å²) >= 11 is 0. The van der Waals surface area contributed by atoms with Gasteiger partial charge in [-0.2, -0.15) is 12.7 Å². The lowest BCUT2D eigenvalue weighted by molar-refractivity contribution is 0.527. The maximum Gasteiger partial charge on any atom is 0.301 e. The van der Waals surface area contributed by atoms with Crippen molar-refractivity contribution in [3.05, 3.63) is 36.3 Å². The van der Waals surface area contributed by atoms with E-state index in [0.717, 1.165) is 21.4 Å². The number of hydrogen-bond donors (Lipinski definition) is 2. The van der Waals surface area contributed by atoms with E-state index in [1.807, 2.05) is 19.1 Å². The molecule has 0 saturated heterocycles. The molecule has 7 heteroatoms. The third kappa shape index (κ3) is 3.12. The van der Waals surface area contributed by atoms with Gasteiger partial charge in [0.05, 0.1) is 11.9 Å². The van der Waals surface area contributed by atoms with Gasteiger partial charge in [0.25, 0.3) is 0 Å². The van der Waals surface area contributed by atoms with Gasteiger partial charge in [-0.25, -0.2) is 4.98 Å². The van der Waals surface area contributed by atoms with Gasteiger partial charge in [-0.15, -0.1) is 0 Å². The molecule has 0 fully saturated rings. The molecule has 0 amide bonds. The molecule has 0 aliphatic carbocycles. The van der Waals surface area contributed by atoms with Crippen molar-refractivity contribution in [2.75, 3.05) is 18.8 Å². The Morgan fingerprint density at radius 3 is 2.32 bits per heavy atom. The predicted molar refractivity (Wildman–Crippen MR) is 75.0 cm³/mol. The summed E-state index contributed by atoms with van der Waals surface area (Å²) in [7, 11) is -0.509. The molecule has 2 N–H and O–H groups in total. The lowest BCUT2D eigenvalue weighted by atomic mass is 10.1. The summed E-state index contributed by atoms with van der Waals surface area (Å²) in [6, 6.07) is 7.10. The van der Waals surface area contributed by atoms with E-state index in [9.17, 15) is 8.42 Å². The highest BCUT2D eigenvalue weighted by Gasteiger charge is 2.12. The maximum atomic E-state index is 11.7. The Hall–Kier alpha value is -1.86. The number of benzene rings is 1. The Kier molecular flexibility index (Phi) is 3.59. The van der Waals surface area contributed by atoms with Crippen molar-refractivity contribution in [3.8, 4) is 11.3 Å². The highest BCUT2D eigenvalue weighted by Crippen LogP contribution is 2.20. The summed E-state index contributed by atoms with van der Waals surface area (Å²) in [5, 5.41) is 0. The molecule has 6 nitrogen and oxygen atoms in total. The summed E-state index contributed by atoms with van der Waals surface area (Å²) in [6.45, 7) is 1.88. The molecule has 2 aromatic rings. The first-order valence-corrected chi connectivity index (χ1v) is 7.15. The largest absolute Gasteiger partial charge is 0.342 e. The van der Waals surface area contributed by atoms with Crippen LogP contribution in [0.25, 0.3) is 11.3 Å². The quantitative estimate of drug-likeness (QED) is 0.893. The topological polar surface area (TPSA) is 78.1 Å². The van der Waals surface area contributed by atoms with Crippen LogP contribution in [0.15, 0.2) is 30.5 Å². The zero-order chi connectivity index (χ0) is 14.0. The third-order valence-electron chi connectivity index (χ3n) is 2.63. The molecule has 102 valence electrons. The zero-order valence-electron chi connectivity index (χ0n) is 11.0. The molecule has 0 unspecified atom stereocenters. The minimum Gasteiger partial charge on any atom is -0.342 e. The van der Waals surface area contributed by atoms with Crippen LogP contribution in [-0.4, -0.2) is 36.8 Å². The maximum absolute atomic E-state index is 11.7. The fourth-order valence-corrected chi connectivity index (χ4v) is 2.14. The van der Waals surface area contributed by atoms with Gasteiger partial charge in [0.2, 0.25) is 0 Å². The first kappa shape index (κ1) is 13.6. The highest BCUT2D eigenvalue weighted by atomic mass is 32.2. The number of anilines is 1. The molecule has 19 heavy (non-hydrogen) atoms. The number of rotatable bonds is 4. The summed E-state index contributed by atoms with van der Waals surface area (Å²) in [5.41, 5.74) is 2.38. The molecule has 0 radical (unpaired) electrons. The number of nitrogens with one attached hydrogen (secondary N) is 2. The van der Waals surface area contributed by atoms with Crippen molar-refractivity contribution < 1.29 is 8.42 Å². The lowest BCUT2D eigenvalue weighted by Crippen LogP contribution is -2.28. The molecule has 0 aliphatic heterocycles. The third-order valence-corrected chi connectivity index (χ3v) is 4.08. The summed E-state index contributed by atoms with van der Waals surface area (Å²) in [4.78, 5) is 7.24. The van der Waals surface area contributed by atoms with Crippen molar-refractivity contribution in [1.29, 1.82) is 0 Å². The molecule has 1 heterocycles. The van der Waals surface area contributed by atoms with Crippen LogP contribution in [0.3, 0.4) is 0 Å². The van der Waals surface area contributed by atoms with E-state index in [-0.39, 0.29) is 0 Å². The average Bonchev–Trinajstić information content (AvgIpc) is 2.76. The standard InChI is InChI=1S/C12H16N4O2S/c1-9-13-8-12(14-9)10-4-6-11(7-5-10)15-19(17,18)16(2)3/h4-8,15H,1-3H3,(H,13,14). The molecular formula is C12H16N4O2S. The van der Waals surface area contributed by atoms with Gasteiger partial charge >= 0.3 is 10.2 Å². The monoisotopic (exact) mass is 280 g/mol. The van der Waals surface area contributed by atoms with Gasteiger partial charge in [-0.1, -0.05) is 12.1 Å². The molecule has 0 bridgehead atoms. The highest BCUT2D eigenvalue weighted by molar-refractivity contribution is 7.90. The first-order valence-electron chi connectivity index (χ1n) is 5.71. The Bertz CT molecular complexity index is 659. The molecule has 0 aliphatic rings. The van der Waals surface area contributed by atoms with Crippen LogP contribution >= 0.6 is 0 Å². The van der Waals surface area contributed by atoms with Gasteiger partial charge in [0.15, 0.2) is 0 Å². The van der Waals surface area contributed by atoms with Crippen LogP contribution in [0.1, 0.15) is 5.82 Å². The Labute approximate surface area is 112 Å². The molecule has 1 aromatic heterocycles. The minimum atomic E-state index is -3.46. The Morgan fingerprint density at radius 2 is 1.84 bits per heavy atom. The summed E-state index contributed by atoms with van der Waals surface area (Å²) in [6.07, 6.45) is 1.74. The van der Waals surface area contributed by atoms with Crippen LogP contribution in [-0.2, 0) is 10.2 Å². The average molecular weight is 280 g/mol. The fourth-order valence-electron chi connectivity index (χ4n) is 1.53. The number of aromatic nitrogens is 2. The SMILES string of the molecule is Cc1ncc(-c2ccc(NS(=O)(=O)N(C)C)cc2)[nH]1. The van der Waals surface area contributed by atoms with E-state index in [4.69, 9.17) is 0 Å². The molecule has 2 rings (SSSR count). The number of H-pyrrole nitrogens is 1. The van der Waals surface area contributed by atoms with Gasteiger partial charge in [0.1, 0.15) is 5.82 Å². The van der Waals surface area contributed by atoms with Gasteiger partial charge in [0, 0.05) is 19.8 Å². The second kappa shape index (κ2) is 5.02. The van der Waals surface area contributed by atoms with E-state index in [1.54, 1.807) is 18.3 Å². The Balaban J connectivity index is 2.20. The van der Waals surface area contributed by atoms with Crippen molar-refractivity contribution >= 4 is 15.9 Å². The molecular weight excluding hydrogens is 264 g/mol. The van der Waals surface area contributed by atoms with Crippen molar-refractivity contribution in [2.24, 2.45) is 0 Å². The van der Waals surface area contributed by atoms with Crippen LogP contribution < -0.4 is 4.72 Å². The van der Waals surface area contributed by atoms with E-state index in [1.165, 1.54) is 14.1 Å². The molecule has 0 atom stereocenters. The van der Waals surface area contributed by atoms with E-state index >= 15 is 0 Å². The molecule has 0 saturated carbocycles. The van der Waals surface area contributed by atoms with Crippen LogP contribution in [0.4, 0.5) is 5.69 Å². The van der Waals surface area contributed by atoms with E-state index < -0.39 is 10.2 Å². The minimum absolute atomic E-state index is 0.522. The number of nitrogens with zero attached hydrogens (tertiary/aromatic N) is 2.